The molecule has 0 aromatic heterocycles. The molecule has 0 aliphatic heterocycles. The summed E-state index contributed by atoms with van der Waals surface area (Å²) >= 11 is 0. The highest BCUT2D eigenvalue weighted by Gasteiger charge is 2.13. The molecule has 0 fully saturated rings. The van der Waals surface area contributed by atoms with Crippen molar-refractivity contribution >= 4 is 11.8 Å². The van der Waals surface area contributed by atoms with Crippen molar-refractivity contribution in [2.24, 2.45) is 5.92 Å². The molecule has 0 bridgehead atoms. The van der Waals surface area contributed by atoms with Gasteiger partial charge < -0.3 is 10.6 Å². The first-order valence-electron chi connectivity index (χ1n) is 5.04. The van der Waals surface area contributed by atoms with E-state index in [0.29, 0.717) is 18.9 Å². The highest BCUT2D eigenvalue weighted by molar-refractivity contribution is 5.87. The van der Waals surface area contributed by atoms with Gasteiger partial charge >= 0.3 is 0 Å². The number of hydrogen-bond acceptors (Lipinski definition) is 2. The van der Waals surface area contributed by atoms with Gasteiger partial charge in [-0.2, -0.15) is 0 Å². The van der Waals surface area contributed by atoms with Gasteiger partial charge in [0.25, 0.3) is 0 Å². The summed E-state index contributed by atoms with van der Waals surface area (Å²) in [6.07, 6.45) is 0.405. The minimum absolute atomic E-state index is 0.0998. The van der Waals surface area contributed by atoms with Crippen LogP contribution in [-0.2, 0) is 9.59 Å². The molecule has 0 aromatic rings. The minimum Gasteiger partial charge on any atom is -0.354 e. The van der Waals surface area contributed by atoms with Gasteiger partial charge in [0.05, 0.1) is 0 Å². The lowest BCUT2D eigenvalue weighted by molar-refractivity contribution is -0.128. The molecule has 0 aromatic carbocycles. The average molecular weight is 200 g/mol. The van der Waals surface area contributed by atoms with Crippen LogP contribution in [0.2, 0.25) is 0 Å². The van der Waals surface area contributed by atoms with Crippen molar-refractivity contribution in [1.82, 2.24) is 10.6 Å². The van der Waals surface area contributed by atoms with Crippen molar-refractivity contribution in [3.63, 3.8) is 0 Å². The van der Waals surface area contributed by atoms with Crippen molar-refractivity contribution in [3.8, 4) is 0 Å². The topological polar surface area (TPSA) is 58.2 Å². The largest absolute Gasteiger partial charge is 0.354 e. The summed E-state index contributed by atoms with van der Waals surface area (Å²) in [7, 11) is 0. The normalized spacial score (nSPS) is 12.4. The van der Waals surface area contributed by atoms with E-state index >= 15 is 0 Å². The third-order valence-electron chi connectivity index (χ3n) is 1.78. The second-order valence-electron chi connectivity index (χ2n) is 3.78. The Labute approximate surface area is 85.4 Å². The molecule has 4 nitrogen and oxygen atoms in total. The SMILES string of the molecule is CCC(=O)NC(C)C(=O)NCC(C)C. The Hall–Kier alpha value is -1.06. The third-order valence-corrected chi connectivity index (χ3v) is 1.78. The Morgan fingerprint density at radius 1 is 1.21 bits per heavy atom. The average Bonchev–Trinajstić information content (AvgIpc) is 2.13. The van der Waals surface area contributed by atoms with Gasteiger partial charge in [0.2, 0.25) is 11.8 Å². The zero-order valence-corrected chi connectivity index (χ0v) is 9.39. The van der Waals surface area contributed by atoms with Crippen LogP contribution in [0.3, 0.4) is 0 Å². The molecule has 82 valence electrons. The van der Waals surface area contributed by atoms with E-state index in [1.807, 2.05) is 13.8 Å². The van der Waals surface area contributed by atoms with E-state index in [1.54, 1.807) is 13.8 Å². The summed E-state index contributed by atoms with van der Waals surface area (Å²) in [5.41, 5.74) is 0. The monoisotopic (exact) mass is 200 g/mol. The molecular formula is C10H20N2O2. The molecule has 0 saturated heterocycles. The lowest BCUT2D eigenvalue weighted by Crippen LogP contribution is -2.45. The van der Waals surface area contributed by atoms with E-state index in [-0.39, 0.29) is 11.8 Å². The molecule has 0 rings (SSSR count). The van der Waals surface area contributed by atoms with Crippen LogP contribution in [0, 0.1) is 5.92 Å². The molecule has 0 aliphatic carbocycles. The first-order chi connectivity index (χ1) is 6.47. The van der Waals surface area contributed by atoms with Crippen molar-refractivity contribution in [1.29, 1.82) is 0 Å². The Kier molecular flexibility index (Phi) is 5.92. The molecule has 2 amide bonds. The van der Waals surface area contributed by atoms with Gasteiger partial charge in [-0.15, -0.1) is 0 Å². The number of amides is 2. The Balaban J connectivity index is 3.82. The summed E-state index contributed by atoms with van der Waals surface area (Å²) < 4.78 is 0. The van der Waals surface area contributed by atoms with Gasteiger partial charge in [0.1, 0.15) is 6.04 Å². The first-order valence-corrected chi connectivity index (χ1v) is 5.04. The summed E-state index contributed by atoms with van der Waals surface area (Å²) in [6.45, 7) is 8.13. The van der Waals surface area contributed by atoms with E-state index in [4.69, 9.17) is 0 Å². The van der Waals surface area contributed by atoms with Crippen LogP contribution >= 0.6 is 0 Å². The van der Waals surface area contributed by atoms with Crippen LogP contribution in [0.25, 0.3) is 0 Å². The van der Waals surface area contributed by atoms with E-state index < -0.39 is 6.04 Å². The maximum absolute atomic E-state index is 11.4. The molecule has 1 unspecified atom stereocenters. The fraction of sp³-hybridized carbons (Fsp3) is 0.800. The minimum atomic E-state index is -0.443. The highest BCUT2D eigenvalue weighted by atomic mass is 16.2. The number of nitrogens with one attached hydrogen (secondary N) is 2. The molecular weight excluding hydrogens is 180 g/mol. The molecule has 0 saturated carbocycles. The van der Waals surface area contributed by atoms with Crippen LogP contribution in [0.15, 0.2) is 0 Å². The number of carbonyl (C=O) groups excluding carboxylic acids is 2. The highest BCUT2D eigenvalue weighted by Crippen LogP contribution is 1.89. The van der Waals surface area contributed by atoms with Crippen molar-refractivity contribution in [2.45, 2.75) is 40.2 Å². The Morgan fingerprint density at radius 2 is 1.79 bits per heavy atom. The van der Waals surface area contributed by atoms with Gasteiger partial charge in [-0.3, -0.25) is 9.59 Å². The summed E-state index contributed by atoms with van der Waals surface area (Å²) in [5.74, 6) is 0.200. The quantitative estimate of drug-likeness (QED) is 0.685. The van der Waals surface area contributed by atoms with E-state index in [2.05, 4.69) is 10.6 Å². The van der Waals surface area contributed by atoms with Crippen LogP contribution in [0.4, 0.5) is 0 Å². The van der Waals surface area contributed by atoms with E-state index in [0.717, 1.165) is 0 Å². The molecule has 4 heteroatoms. The van der Waals surface area contributed by atoms with Gasteiger partial charge in [-0.05, 0) is 12.8 Å². The fourth-order valence-electron chi connectivity index (χ4n) is 0.867. The van der Waals surface area contributed by atoms with Crippen LogP contribution < -0.4 is 10.6 Å². The molecule has 1 atom stereocenters. The predicted octanol–water partition coefficient (Wildman–Crippen LogP) is 0.673. The Bertz CT molecular complexity index is 202. The first kappa shape index (κ1) is 12.9. The lowest BCUT2D eigenvalue weighted by Gasteiger charge is -2.14. The maximum Gasteiger partial charge on any atom is 0.242 e. The third kappa shape index (κ3) is 5.56. The van der Waals surface area contributed by atoms with Gasteiger partial charge in [0.15, 0.2) is 0 Å². The summed E-state index contributed by atoms with van der Waals surface area (Å²) in [6, 6.07) is -0.443. The zero-order valence-electron chi connectivity index (χ0n) is 9.39. The van der Waals surface area contributed by atoms with Crippen molar-refractivity contribution in [3.05, 3.63) is 0 Å². The van der Waals surface area contributed by atoms with Crippen molar-refractivity contribution < 1.29 is 9.59 Å². The number of hydrogen-bond donors (Lipinski definition) is 2. The van der Waals surface area contributed by atoms with Gasteiger partial charge in [0, 0.05) is 13.0 Å². The molecule has 0 heterocycles. The van der Waals surface area contributed by atoms with Crippen LogP contribution in [0.1, 0.15) is 34.1 Å². The maximum atomic E-state index is 11.4. The number of rotatable bonds is 5. The predicted molar refractivity (Wildman–Crippen MR) is 55.7 cm³/mol. The van der Waals surface area contributed by atoms with E-state index in [1.165, 1.54) is 0 Å². The van der Waals surface area contributed by atoms with Gasteiger partial charge in [-0.25, -0.2) is 0 Å². The smallest absolute Gasteiger partial charge is 0.242 e. The second-order valence-corrected chi connectivity index (χ2v) is 3.78. The van der Waals surface area contributed by atoms with Crippen LogP contribution in [-0.4, -0.2) is 24.4 Å². The summed E-state index contributed by atoms with van der Waals surface area (Å²) in [4.78, 5) is 22.3. The molecule has 0 radical (unpaired) electrons. The van der Waals surface area contributed by atoms with Crippen LogP contribution in [0.5, 0.6) is 0 Å². The number of carbonyl (C=O) groups is 2. The van der Waals surface area contributed by atoms with E-state index in [9.17, 15) is 9.59 Å². The summed E-state index contributed by atoms with van der Waals surface area (Å²) in [5, 5.41) is 5.36. The van der Waals surface area contributed by atoms with Crippen molar-refractivity contribution in [2.75, 3.05) is 6.54 Å². The zero-order chi connectivity index (χ0) is 11.1. The molecule has 0 aliphatic rings. The second kappa shape index (κ2) is 6.40. The lowest BCUT2D eigenvalue weighted by atomic mass is 10.2. The molecule has 14 heavy (non-hydrogen) atoms. The van der Waals surface area contributed by atoms with Gasteiger partial charge in [-0.1, -0.05) is 20.8 Å². The standard InChI is InChI=1S/C10H20N2O2/c1-5-9(13)12-8(4)10(14)11-6-7(2)3/h7-8H,5-6H2,1-4H3,(H,11,14)(H,12,13). The molecule has 2 N–H and O–H groups in total. The Morgan fingerprint density at radius 3 is 2.21 bits per heavy atom. The molecule has 0 spiro atoms. The fourth-order valence-corrected chi connectivity index (χ4v) is 0.867.